The summed E-state index contributed by atoms with van der Waals surface area (Å²) in [7, 11) is -3.68. The molecule has 0 saturated carbocycles. The molecule has 0 bridgehead atoms. The van der Waals surface area contributed by atoms with Crippen LogP contribution in [0.2, 0.25) is 0 Å². The Morgan fingerprint density at radius 2 is 2.29 bits per heavy atom. The molecule has 0 spiro atoms. The van der Waals surface area contributed by atoms with Crippen LogP contribution in [0.3, 0.4) is 0 Å². The summed E-state index contributed by atoms with van der Waals surface area (Å²) in [5.74, 6) is 0.291. The number of nitrogens with two attached hydrogens (primary N) is 1. The molecule has 1 unspecified atom stereocenters. The Morgan fingerprint density at radius 3 is 2.93 bits per heavy atom. The van der Waals surface area contributed by atoms with E-state index < -0.39 is 16.0 Å². The van der Waals surface area contributed by atoms with Gasteiger partial charge in [0.15, 0.2) is 10.7 Å². The topological polar surface area (TPSA) is 135 Å². The molecule has 3 N–H and O–H groups in total. The van der Waals surface area contributed by atoms with Crippen molar-refractivity contribution in [2.24, 2.45) is 16.2 Å². The van der Waals surface area contributed by atoms with Crippen molar-refractivity contribution in [3.8, 4) is 0 Å². The fourth-order valence-corrected chi connectivity index (χ4v) is 5.07. The highest BCUT2D eigenvalue weighted by atomic mass is 79.9. The number of oxime groups is 1. The lowest BCUT2D eigenvalue weighted by Gasteiger charge is -2.12. The van der Waals surface area contributed by atoms with Crippen LogP contribution in [-0.4, -0.2) is 52.8 Å². The predicted octanol–water partition coefficient (Wildman–Crippen LogP) is 2.01. The van der Waals surface area contributed by atoms with Crippen LogP contribution < -0.4 is 5.14 Å². The van der Waals surface area contributed by atoms with Crippen molar-refractivity contribution in [2.45, 2.75) is 17.9 Å². The molecule has 28 heavy (non-hydrogen) atoms. The Morgan fingerprint density at radius 1 is 1.50 bits per heavy atom. The molecule has 1 aliphatic rings. The average Bonchev–Trinajstić information content (AvgIpc) is 3.29. The third kappa shape index (κ3) is 5.08. The Bertz CT molecular complexity index is 985. The Balaban J connectivity index is 1.66. The molecule has 1 aliphatic heterocycles. The Hall–Kier alpha value is -1.54. The van der Waals surface area contributed by atoms with Gasteiger partial charge in [-0.2, -0.15) is 12.7 Å². The van der Waals surface area contributed by atoms with Crippen LogP contribution >= 0.6 is 27.7 Å². The molecule has 0 radical (unpaired) electrons. The smallest absolute Gasteiger partial charge is 0.276 e. The van der Waals surface area contributed by atoms with Gasteiger partial charge in [-0.15, -0.1) is 11.8 Å². The third-order valence-corrected chi connectivity index (χ3v) is 7.11. The summed E-state index contributed by atoms with van der Waals surface area (Å²) in [6.07, 6.45) is 0.883. The number of benzene rings is 1. The SMILES string of the molecule is NS(=O)(=O)N1CCC(CSc2nonc2/C(Cc2ccc(F)c(Br)c2)=N/O)C1. The molecule has 1 aromatic carbocycles. The minimum absolute atomic E-state index is 0.107. The van der Waals surface area contributed by atoms with E-state index in [1.807, 2.05) is 0 Å². The maximum atomic E-state index is 13.4. The van der Waals surface area contributed by atoms with Crippen molar-refractivity contribution in [3.63, 3.8) is 0 Å². The molecular weight excluding hydrogens is 477 g/mol. The molecule has 13 heteroatoms. The van der Waals surface area contributed by atoms with Crippen LogP contribution in [-0.2, 0) is 16.6 Å². The van der Waals surface area contributed by atoms with Gasteiger partial charge in [0.25, 0.3) is 10.2 Å². The molecule has 2 aromatic rings. The predicted molar refractivity (Wildman–Crippen MR) is 104 cm³/mol. The molecule has 2 heterocycles. The molecule has 0 amide bonds. The van der Waals surface area contributed by atoms with E-state index in [1.54, 1.807) is 12.1 Å². The van der Waals surface area contributed by atoms with Crippen LogP contribution in [0.5, 0.6) is 0 Å². The minimum atomic E-state index is -3.68. The van der Waals surface area contributed by atoms with Gasteiger partial charge in [0.1, 0.15) is 11.5 Å². The van der Waals surface area contributed by atoms with E-state index in [0.29, 0.717) is 40.3 Å². The van der Waals surface area contributed by atoms with Crippen molar-refractivity contribution in [3.05, 3.63) is 39.7 Å². The fraction of sp³-hybridized carbons (Fsp3) is 0.400. The Kier molecular flexibility index (Phi) is 6.70. The first-order valence-corrected chi connectivity index (χ1v) is 11.4. The lowest BCUT2D eigenvalue weighted by molar-refractivity contribution is 0.296. The lowest BCUT2D eigenvalue weighted by atomic mass is 10.1. The monoisotopic (exact) mass is 493 g/mol. The van der Waals surface area contributed by atoms with Gasteiger partial charge in [-0.05, 0) is 56.3 Å². The van der Waals surface area contributed by atoms with E-state index >= 15 is 0 Å². The summed E-state index contributed by atoms with van der Waals surface area (Å²) < 4.78 is 42.5. The highest BCUT2D eigenvalue weighted by molar-refractivity contribution is 9.10. The van der Waals surface area contributed by atoms with Gasteiger partial charge in [0.2, 0.25) is 0 Å². The second-order valence-electron chi connectivity index (χ2n) is 6.26. The summed E-state index contributed by atoms with van der Waals surface area (Å²) in [5.41, 5.74) is 1.22. The van der Waals surface area contributed by atoms with E-state index in [1.165, 1.54) is 22.1 Å². The van der Waals surface area contributed by atoms with Gasteiger partial charge >= 0.3 is 0 Å². The molecule has 0 aliphatic carbocycles. The van der Waals surface area contributed by atoms with Gasteiger partial charge in [-0.1, -0.05) is 11.2 Å². The van der Waals surface area contributed by atoms with Crippen LogP contribution in [0.15, 0.2) is 37.5 Å². The van der Waals surface area contributed by atoms with E-state index in [-0.39, 0.29) is 23.7 Å². The second kappa shape index (κ2) is 8.86. The molecular formula is C15H17BrFN5O4S2. The molecule has 1 aromatic heterocycles. The lowest BCUT2D eigenvalue weighted by Crippen LogP contribution is -2.34. The average molecular weight is 494 g/mol. The van der Waals surface area contributed by atoms with Crippen LogP contribution in [0.1, 0.15) is 17.7 Å². The number of hydrogen-bond donors (Lipinski definition) is 2. The van der Waals surface area contributed by atoms with Crippen molar-refractivity contribution < 1.29 is 22.6 Å². The third-order valence-electron chi connectivity index (χ3n) is 4.27. The van der Waals surface area contributed by atoms with Gasteiger partial charge in [0, 0.05) is 25.3 Å². The fourth-order valence-electron chi connectivity index (χ4n) is 2.82. The maximum absolute atomic E-state index is 13.4. The minimum Gasteiger partial charge on any atom is -0.411 e. The van der Waals surface area contributed by atoms with Crippen LogP contribution in [0, 0.1) is 11.7 Å². The number of halogens is 2. The highest BCUT2D eigenvalue weighted by Gasteiger charge is 2.30. The molecule has 3 rings (SSSR count). The van der Waals surface area contributed by atoms with Gasteiger partial charge in [-0.25, -0.2) is 14.2 Å². The van der Waals surface area contributed by atoms with E-state index in [0.717, 1.165) is 0 Å². The van der Waals surface area contributed by atoms with Crippen molar-refractivity contribution in [1.82, 2.24) is 14.6 Å². The normalized spacial score (nSPS) is 18.7. The summed E-state index contributed by atoms with van der Waals surface area (Å²) in [4.78, 5) is 0. The molecule has 152 valence electrons. The number of thioether (sulfide) groups is 1. The number of nitrogens with zero attached hydrogens (tertiary/aromatic N) is 4. The van der Waals surface area contributed by atoms with Gasteiger partial charge in [0.05, 0.1) is 4.47 Å². The highest BCUT2D eigenvalue weighted by Crippen LogP contribution is 2.28. The first-order chi connectivity index (χ1) is 13.3. The maximum Gasteiger partial charge on any atom is 0.276 e. The van der Waals surface area contributed by atoms with Gasteiger partial charge in [-0.3, -0.25) is 0 Å². The molecule has 1 fully saturated rings. The molecule has 1 saturated heterocycles. The van der Waals surface area contributed by atoms with Crippen molar-refractivity contribution in [1.29, 1.82) is 0 Å². The molecule has 1 atom stereocenters. The van der Waals surface area contributed by atoms with Crippen molar-refractivity contribution >= 4 is 43.6 Å². The van der Waals surface area contributed by atoms with E-state index in [4.69, 9.17) is 9.77 Å². The summed E-state index contributed by atoms with van der Waals surface area (Å²) in [6, 6.07) is 4.47. The summed E-state index contributed by atoms with van der Waals surface area (Å²) >= 11 is 4.45. The van der Waals surface area contributed by atoms with E-state index in [2.05, 4.69) is 31.4 Å². The van der Waals surface area contributed by atoms with E-state index in [9.17, 15) is 18.0 Å². The van der Waals surface area contributed by atoms with Gasteiger partial charge < -0.3 is 5.21 Å². The largest absolute Gasteiger partial charge is 0.411 e. The first-order valence-electron chi connectivity index (χ1n) is 8.16. The quantitative estimate of drug-likeness (QED) is 0.260. The number of aromatic nitrogens is 2. The zero-order valence-electron chi connectivity index (χ0n) is 14.5. The summed E-state index contributed by atoms with van der Waals surface area (Å²) in [5, 5.41) is 25.9. The van der Waals surface area contributed by atoms with Crippen LogP contribution in [0.25, 0.3) is 0 Å². The zero-order valence-corrected chi connectivity index (χ0v) is 17.7. The number of hydrogen-bond acceptors (Lipinski definition) is 8. The van der Waals surface area contributed by atoms with Crippen molar-refractivity contribution in [2.75, 3.05) is 18.8 Å². The standard InChI is InChI=1S/C15H17BrFN5O4S2/c16-11-5-9(1-2-12(11)17)6-13(19-23)14-15(21-26-20-14)27-8-10-3-4-22(7-10)28(18,24)25/h1-2,5,10,23H,3-4,6-8H2,(H2,18,24,25)/b19-13+. The zero-order chi connectivity index (χ0) is 20.3. The first kappa shape index (κ1) is 21.2. The number of rotatable bonds is 7. The van der Waals surface area contributed by atoms with Crippen LogP contribution in [0.4, 0.5) is 4.39 Å². The Labute approximate surface area is 173 Å². The second-order valence-corrected chi connectivity index (χ2v) is 9.67. The summed E-state index contributed by atoms with van der Waals surface area (Å²) in [6.45, 7) is 0.730. The molecule has 9 nitrogen and oxygen atoms in total.